The highest BCUT2D eigenvalue weighted by atomic mass is 19.2. The van der Waals surface area contributed by atoms with Crippen molar-refractivity contribution in [2.75, 3.05) is 5.32 Å². The quantitative estimate of drug-likeness (QED) is 0.199. The number of hydrogen-bond acceptors (Lipinski definition) is 3. The lowest BCUT2D eigenvalue weighted by atomic mass is 10.2. The number of hydrogen-bond donors (Lipinski definition) is 1. The van der Waals surface area contributed by atoms with E-state index in [1.54, 1.807) is 6.92 Å². The molecule has 0 aliphatic rings. The molecule has 0 fully saturated rings. The van der Waals surface area contributed by atoms with Crippen molar-refractivity contribution in [1.29, 1.82) is 0 Å². The van der Waals surface area contributed by atoms with E-state index in [0.29, 0.717) is 11.3 Å². The molecule has 2 aromatic carbocycles. The summed E-state index contributed by atoms with van der Waals surface area (Å²) in [5, 5.41) is 2.52. The van der Waals surface area contributed by atoms with Crippen LogP contribution in [0.2, 0.25) is 0 Å². The van der Waals surface area contributed by atoms with Crippen LogP contribution in [0.15, 0.2) is 42.1 Å². The van der Waals surface area contributed by atoms with Crippen molar-refractivity contribution in [3.63, 3.8) is 0 Å². The number of halogens is 5. The maximum Gasteiger partial charge on any atom is 0.343 e. The van der Waals surface area contributed by atoms with Crippen molar-refractivity contribution >= 4 is 17.6 Å². The van der Waals surface area contributed by atoms with Gasteiger partial charge in [-0.1, -0.05) is 6.58 Å². The average Bonchev–Trinajstić information content (AvgIpc) is 2.68. The Kier molecular flexibility index (Phi) is 6.33. The van der Waals surface area contributed by atoms with Gasteiger partial charge in [0.15, 0.2) is 0 Å². The third kappa shape index (κ3) is 4.44. The molecule has 0 bridgehead atoms. The molecule has 2 aromatic rings. The highest BCUT2D eigenvalue weighted by molar-refractivity contribution is 5.94. The van der Waals surface area contributed by atoms with Crippen LogP contribution in [-0.4, -0.2) is 11.9 Å². The smallest absolute Gasteiger partial charge is 0.343 e. The first-order chi connectivity index (χ1) is 13.1. The van der Waals surface area contributed by atoms with Crippen LogP contribution in [0.1, 0.15) is 23.7 Å². The lowest BCUT2D eigenvalue weighted by Gasteiger charge is -2.09. The van der Waals surface area contributed by atoms with Crippen LogP contribution < -0.4 is 10.1 Å². The lowest BCUT2D eigenvalue weighted by molar-refractivity contribution is -0.115. The van der Waals surface area contributed by atoms with Gasteiger partial charge in [-0.2, -0.15) is 8.78 Å². The second-order valence-corrected chi connectivity index (χ2v) is 5.55. The molecular formula is C19H12F5NO3. The summed E-state index contributed by atoms with van der Waals surface area (Å²) in [7, 11) is 0. The molecule has 1 N–H and O–H groups in total. The Morgan fingerprint density at radius 1 is 0.964 bits per heavy atom. The Balaban J connectivity index is 2.17. The molecule has 2 rings (SSSR count). The summed E-state index contributed by atoms with van der Waals surface area (Å²) in [6, 6.07) is 4.86. The zero-order chi connectivity index (χ0) is 21.0. The average molecular weight is 397 g/mol. The Bertz CT molecular complexity index is 967. The van der Waals surface area contributed by atoms with E-state index < -0.39 is 40.8 Å². The van der Waals surface area contributed by atoms with Crippen LogP contribution in [0.25, 0.3) is 0 Å². The summed E-state index contributed by atoms with van der Waals surface area (Å²) >= 11 is 0. The predicted octanol–water partition coefficient (Wildman–Crippen LogP) is 4.66. The van der Waals surface area contributed by atoms with Gasteiger partial charge in [0.25, 0.3) is 0 Å². The van der Waals surface area contributed by atoms with E-state index >= 15 is 0 Å². The Morgan fingerprint density at radius 3 is 1.96 bits per heavy atom. The molecule has 0 unspecified atom stereocenters. The number of anilines is 1. The molecule has 1 amide bonds. The fraction of sp³-hybridized carbons (Fsp3) is 0.105. The Labute approximate surface area is 155 Å². The summed E-state index contributed by atoms with van der Waals surface area (Å²) in [5.74, 6) is -14.8. The third-order valence-electron chi connectivity index (χ3n) is 3.50. The van der Waals surface area contributed by atoms with Crippen molar-refractivity contribution in [3.8, 4) is 5.75 Å². The van der Waals surface area contributed by atoms with Crippen molar-refractivity contribution in [2.45, 2.75) is 13.3 Å². The maximum absolute atomic E-state index is 13.6. The summed E-state index contributed by atoms with van der Waals surface area (Å²) in [5.41, 5.74) is 3.22. The fourth-order valence-corrected chi connectivity index (χ4v) is 2.02. The minimum absolute atomic E-state index is 0.0491. The van der Waals surface area contributed by atoms with Crippen LogP contribution in [0.3, 0.4) is 0 Å². The van der Waals surface area contributed by atoms with E-state index in [9.17, 15) is 31.5 Å². The zero-order valence-corrected chi connectivity index (χ0v) is 14.3. The Morgan fingerprint density at radius 2 is 1.46 bits per heavy atom. The molecule has 0 aliphatic carbocycles. The second-order valence-electron chi connectivity index (χ2n) is 5.55. The summed E-state index contributed by atoms with van der Waals surface area (Å²) in [6.45, 7) is 5.06. The second kappa shape index (κ2) is 8.49. The largest absolute Gasteiger partial charge is 0.416 e. The standard InChI is InChI=1S/C19H12F5NO3/c1-3-9(2)8-12(26)25-11-6-4-10(5-7-11)19(27)28-18-16(23)14(21)13(20)15(22)17(18)24/h4-7H,1,8H2,2H3,(H,25,26). The van der Waals surface area contributed by atoms with Gasteiger partial charge >= 0.3 is 5.97 Å². The van der Waals surface area contributed by atoms with Crippen molar-refractivity contribution < 1.29 is 36.3 Å². The maximum atomic E-state index is 13.6. The SMILES string of the molecule is C=C=C(C)CC(=O)Nc1ccc(C(=O)Oc2c(F)c(F)c(F)c(F)c2F)cc1. The van der Waals surface area contributed by atoms with E-state index in [1.807, 2.05) is 0 Å². The first-order valence-electron chi connectivity index (χ1n) is 7.64. The first kappa shape index (κ1) is 20.9. The highest BCUT2D eigenvalue weighted by Crippen LogP contribution is 2.29. The number of ether oxygens (including phenoxy) is 1. The molecule has 0 radical (unpaired) electrons. The van der Waals surface area contributed by atoms with E-state index in [0.717, 1.165) is 12.1 Å². The van der Waals surface area contributed by atoms with Gasteiger partial charge in [-0.05, 0) is 36.8 Å². The summed E-state index contributed by atoms with van der Waals surface area (Å²) in [4.78, 5) is 23.7. The van der Waals surface area contributed by atoms with Crippen LogP contribution in [0, 0.1) is 29.1 Å². The molecule has 146 valence electrons. The molecule has 28 heavy (non-hydrogen) atoms. The van der Waals surface area contributed by atoms with E-state index in [-0.39, 0.29) is 17.9 Å². The molecule has 0 atom stereocenters. The summed E-state index contributed by atoms with van der Waals surface area (Å²) < 4.78 is 70.7. The van der Waals surface area contributed by atoms with Gasteiger partial charge in [-0.3, -0.25) is 4.79 Å². The van der Waals surface area contributed by atoms with Gasteiger partial charge in [-0.15, -0.1) is 5.73 Å². The van der Waals surface area contributed by atoms with E-state index in [4.69, 9.17) is 0 Å². The number of nitrogens with one attached hydrogen (secondary N) is 1. The monoisotopic (exact) mass is 397 g/mol. The number of carbonyl (C=O) groups excluding carboxylic acids is 2. The van der Waals surface area contributed by atoms with Crippen molar-refractivity contribution in [3.05, 3.63) is 76.8 Å². The number of carbonyl (C=O) groups is 2. The Hall–Kier alpha value is -3.45. The minimum atomic E-state index is -2.36. The van der Waals surface area contributed by atoms with Gasteiger partial charge in [0.2, 0.25) is 40.7 Å². The molecule has 0 aromatic heterocycles. The van der Waals surface area contributed by atoms with Gasteiger partial charge in [-0.25, -0.2) is 18.0 Å². The predicted molar refractivity (Wildman–Crippen MR) is 89.2 cm³/mol. The molecular weight excluding hydrogens is 385 g/mol. The van der Waals surface area contributed by atoms with Crippen LogP contribution >= 0.6 is 0 Å². The third-order valence-corrected chi connectivity index (χ3v) is 3.50. The number of rotatable bonds is 5. The zero-order valence-electron chi connectivity index (χ0n) is 14.3. The highest BCUT2D eigenvalue weighted by Gasteiger charge is 2.28. The summed E-state index contributed by atoms with van der Waals surface area (Å²) in [6.07, 6.45) is 0.0491. The molecule has 0 aliphatic heterocycles. The molecule has 0 heterocycles. The number of esters is 1. The number of amides is 1. The lowest BCUT2D eigenvalue weighted by Crippen LogP contribution is -2.14. The molecule has 0 saturated carbocycles. The normalized spacial score (nSPS) is 10.2. The van der Waals surface area contributed by atoms with Crippen LogP contribution in [0.5, 0.6) is 5.75 Å². The van der Waals surface area contributed by atoms with Gasteiger partial charge in [0, 0.05) is 5.69 Å². The minimum Gasteiger partial charge on any atom is -0.416 e. The fourth-order valence-electron chi connectivity index (χ4n) is 2.02. The molecule has 9 heteroatoms. The molecule has 4 nitrogen and oxygen atoms in total. The van der Waals surface area contributed by atoms with Gasteiger partial charge in [0.05, 0.1) is 12.0 Å². The number of benzene rings is 2. The van der Waals surface area contributed by atoms with Gasteiger partial charge < -0.3 is 10.1 Å². The topological polar surface area (TPSA) is 55.4 Å². The van der Waals surface area contributed by atoms with Gasteiger partial charge in [0.1, 0.15) is 0 Å². The van der Waals surface area contributed by atoms with Crippen molar-refractivity contribution in [1.82, 2.24) is 0 Å². The molecule has 0 spiro atoms. The molecule has 0 saturated heterocycles. The van der Waals surface area contributed by atoms with E-state index in [2.05, 4.69) is 22.4 Å². The van der Waals surface area contributed by atoms with Crippen LogP contribution in [0.4, 0.5) is 27.6 Å². The first-order valence-corrected chi connectivity index (χ1v) is 7.64. The van der Waals surface area contributed by atoms with Crippen molar-refractivity contribution in [2.24, 2.45) is 0 Å². The van der Waals surface area contributed by atoms with Crippen LogP contribution in [-0.2, 0) is 4.79 Å². The van der Waals surface area contributed by atoms with E-state index in [1.165, 1.54) is 12.1 Å².